The van der Waals surface area contributed by atoms with Crippen molar-refractivity contribution in [2.24, 2.45) is 0 Å². The van der Waals surface area contributed by atoms with Crippen molar-refractivity contribution in [1.82, 2.24) is 4.98 Å². The Bertz CT molecular complexity index is 569. The van der Waals surface area contributed by atoms with Crippen LogP contribution in [0.3, 0.4) is 0 Å². The Hall–Kier alpha value is -1.74. The van der Waals surface area contributed by atoms with Crippen molar-refractivity contribution in [3.05, 3.63) is 52.7 Å². The molecule has 2 rings (SSSR count). The monoisotopic (exact) mass is 275 g/mol. The summed E-state index contributed by atoms with van der Waals surface area (Å²) in [4.78, 5) is 6.63. The predicted molar refractivity (Wildman–Crippen MR) is 82.1 cm³/mol. The van der Waals surface area contributed by atoms with E-state index in [0.717, 1.165) is 17.2 Å². The number of nitrogens with one attached hydrogen (secondary N) is 1. The van der Waals surface area contributed by atoms with E-state index in [1.54, 1.807) is 0 Å². The van der Waals surface area contributed by atoms with Crippen LogP contribution in [-0.4, -0.2) is 19.1 Å². The molecule has 3 nitrogen and oxygen atoms in total. The zero-order valence-electron chi connectivity index (χ0n) is 11.4. The molecular formula is C15H18ClN3. The molecule has 0 aliphatic rings. The van der Waals surface area contributed by atoms with E-state index in [0.29, 0.717) is 11.6 Å². The van der Waals surface area contributed by atoms with Crippen LogP contribution in [-0.2, 0) is 6.54 Å². The van der Waals surface area contributed by atoms with Gasteiger partial charge in [0.15, 0.2) is 0 Å². The number of pyridine rings is 1. The van der Waals surface area contributed by atoms with Crippen LogP contribution < -0.4 is 10.2 Å². The molecule has 0 aliphatic carbocycles. The van der Waals surface area contributed by atoms with E-state index in [9.17, 15) is 0 Å². The normalized spacial score (nSPS) is 10.3. The Morgan fingerprint density at radius 2 is 2.05 bits per heavy atom. The quantitative estimate of drug-likeness (QED) is 0.922. The molecular weight excluding hydrogens is 258 g/mol. The highest BCUT2D eigenvalue weighted by Crippen LogP contribution is 2.21. The molecule has 4 heteroatoms. The molecule has 0 saturated heterocycles. The Morgan fingerprint density at radius 3 is 2.74 bits per heavy atom. The van der Waals surface area contributed by atoms with E-state index in [2.05, 4.69) is 46.4 Å². The summed E-state index contributed by atoms with van der Waals surface area (Å²) in [5.41, 5.74) is 3.28. The zero-order valence-corrected chi connectivity index (χ0v) is 12.2. The van der Waals surface area contributed by atoms with Crippen LogP contribution in [0.1, 0.15) is 11.3 Å². The molecule has 100 valence electrons. The van der Waals surface area contributed by atoms with E-state index >= 15 is 0 Å². The van der Waals surface area contributed by atoms with Gasteiger partial charge in [-0.05, 0) is 36.8 Å². The van der Waals surface area contributed by atoms with Gasteiger partial charge in [-0.25, -0.2) is 4.98 Å². The summed E-state index contributed by atoms with van der Waals surface area (Å²) >= 11 is 6.20. The van der Waals surface area contributed by atoms with Gasteiger partial charge in [0.05, 0.1) is 17.3 Å². The minimum atomic E-state index is 0.678. The first-order chi connectivity index (χ1) is 9.10. The third kappa shape index (κ3) is 3.38. The second kappa shape index (κ2) is 5.93. The predicted octanol–water partition coefficient (Wildman–Crippen LogP) is 3.72. The number of nitrogens with zero attached hydrogens (tertiary/aromatic N) is 2. The molecule has 0 amide bonds. The number of hydrogen-bond acceptors (Lipinski definition) is 3. The van der Waals surface area contributed by atoms with Gasteiger partial charge in [0, 0.05) is 19.8 Å². The second-order valence-corrected chi connectivity index (χ2v) is 4.98. The van der Waals surface area contributed by atoms with Gasteiger partial charge in [-0.2, -0.15) is 0 Å². The largest absolute Gasteiger partial charge is 0.373 e. The van der Waals surface area contributed by atoms with Crippen molar-refractivity contribution in [2.45, 2.75) is 13.5 Å². The molecule has 0 atom stereocenters. The van der Waals surface area contributed by atoms with Gasteiger partial charge in [-0.15, -0.1) is 0 Å². The molecule has 0 spiro atoms. The van der Waals surface area contributed by atoms with Gasteiger partial charge < -0.3 is 10.2 Å². The topological polar surface area (TPSA) is 28.2 Å². The Labute approximate surface area is 119 Å². The van der Waals surface area contributed by atoms with Crippen LogP contribution in [0.2, 0.25) is 5.02 Å². The summed E-state index contributed by atoms with van der Waals surface area (Å²) in [7, 11) is 3.89. The first-order valence-electron chi connectivity index (χ1n) is 6.21. The highest BCUT2D eigenvalue weighted by atomic mass is 35.5. The van der Waals surface area contributed by atoms with Crippen LogP contribution in [0.25, 0.3) is 0 Å². The average molecular weight is 276 g/mol. The number of aromatic nitrogens is 1. The standard InChI is InChI=1S/C15H18ClN3/c1-11-5-4-6-12(9-11)19(3)10-14-13(16)7-8-15(17-2)18-14/h4-9H,10H2,1-3H3,(H,17,18). The third-order valence-electron chi connectivity index (χ3n) is 3.00. The first kappa shape index (κ1) is 13.7. The first-order valence-corrected chi connectivity index (χ1v) is 6.59. The molecule has 0 unspecified atom stereocenters. The molecule has 1 N–H and O–H groups in total. The van der Waals surface area contributed by atoms with Gasteiger partial charge in [-0.3, -0.25) is 0 Å². The van der Waals surface area contributed by atoms with Crippen LogP contribution in [0, 0.1) is 6.92 Å². The molecule has 0 fully saturated rings. The molecule has 1 aromatic heterocycles. The smallest absolute Gasteiger partial charge is 0.126 e. The maximum absolute atomic E-state index is 6.20. The van der Waals surface area contributed by atoms with E-state index in [4.69, 9.17) is 11.6 Å². The molecule has 1 heterocycles. The molecule has 0 aliphatic heterocycles. The number of aryl methyl sites for hydroxylation is 1. The number of halogens is 1. The molecule has 2 aromatic rings. The highest BCUT2D eigenvalue weighted by molar-refractivity contribution is 6.31. The lowest BCUT2D eigenvalue weighted by Gasteiger charge is -2.20. The fraction of sp³-hybridized carbons (Fsp3) is 0.267. The fourth-order valence-electron chi connectivity index (χ4n) is 1.92. The van der Waals surface area contributed by atoms with Crippen LogP contribution in [0.15, 0.2) is 36.4 Å². The number of anilines is 2. The van der Waals surface area contributed by atoms with Gasteiger partial charge in [0.25, 0.3) is 0 Å². The Morgan fingerprint density at radius 1 is 1.26 bits per heavy atom. The summed E-state index contributed by atoms with van der Waals surface area (Å²) in [5, 5.41) is 3.72. The van der Waals surface area contributed by atoms with E-state index in [1.807, 2.05) is 26.2 Å². The maximum atomic E-state index is 6.20. The van der Waals surface area contributed by atoms with Crippen molar-refractivity contribution in [1.29, 1.82) is 0 Å². The summed E-state index contributed by atoms with van der Waals surface area (Å²) < 4.78 is 0. The summed E-state index contributed by atoms with van der Waals surface area (Å²) in [6.45, 7) is 2.77. The number of benzene rings is 1. The van der Waals surface area contributed by atoms with Crippen LogP contribution in [0.4, 0.5) is 11.5 Å². The lowest BCUT2D eigenvalue weighted by Crippen LogP contribution is -2.18. The third-order valence-corrected chi connectivity index (χ3v) is 3.35. The van der Waals surface area contributed by atoms with Gasteiger partial charge in [0.1, 0.15) is 5.82 Å². The summed E-state index contributed by atoms with van der Waals surface area (Å²) in [5.74, 6) is 0.831. The average Bonchev–Trinajstić information content (AvgIpc) is 2.41. The fourth-order valence-corrected chi connectivity index (χ4v) is 2.08. The summed E-state index contributed by atoms with van der Waals surface area (Å²) in [6.07, 6.45) is 0. The second-order valence-electron chi connectivity index (χ2n) is 4.57. The maximum Gasteiger partial charge on any atom is 0.126 e. The minimum absolute atomic E-state index is 0.678. The summed E-state index contributed by atoms with van der Waals surface area (Å²) in [6, 6.07) is 12.1. The number of rotatable bonds is 4. The van der Waals surface area contributed by atoms with Crippen molar-refractivity contribution in [3.63, 3.8) is 0 Å². The van der Waals surface area contributed by atoms with Gasteiger partial charge in [0.2, 0.25) is 0 Å². The molecule has 0 saturated carbocycles. The minimum Gasteiger partial charge on any atom is -0.373 e. The molecule has 0 radical (unpaired) electrons. The van der Waals surface area contributed by atoms with Crippen LogP contribution >= 0.6 is 11.6 Å². The van der Waals surface area contributed by atoms with Gasteiger partial charge >= 0.3 is 0 Å². The Balaban J connectivity index is 2.21. The molecule has 1 aromatic carbocycles. The lowest BCUT2D eigenvalue weighted by molar-refractivity contribution is 0.885. The molecule has 0 bridgehead atoms. The van der Waals surface area contributed by atoms with Gasteiger partial charge in [-0.1, -0.05) is 23.7 Å². The number of hydrogen-bond donors (Lipinski definition) is 1. The van der Waals surface area contributed by atoms with Crippen molar-refractivity contribution in [3.8, 4) is 0 Å². The lowest BCUT2D eigenvalue weighted by atomic mass is 10.2. The molecule has 19 heavy (non-hydrogen) atoms. The van der Waals surface area contributed by atoms with Crippen molar-refractivity contribution >= 4 is 23.1 Å². The van der Waals surface area contributed by atoms with Crippen molar-refractivity contribution < 1.29 is 0 Å². The highest BCUT2D eigenvalue weighted by Gasteiger charge is 2.08. The van der Waals surface area contributed by atoms with E-state index in [-0.39, 0.29) is 0 Å². The van der Waals surface area contributed by atoms with Crippen molar-refractivity contribution in [2.75, 3.05) is 24.3 Å². The van der Waals surface area contributed by atoms with Crippen LogP contribution in [0.5, 0.6) is 0 Å². The Kier molecular flexibility index (Phi) is 4.27. The SMILES string of the molecule is CNc1ccc(Cl)c(CN(C)c2cccc(C)c2)n1. The zero-order chi connectivity index (χ0) is 13.8. The van der Waals surface area contributed by atoms with E-state index in [1.165, 1.54) is 5.56 Å². The van der Waals surface area contributed by atoms with E-state index < -0.39 is 0 Å².